The largest absolute Gasteiger partial charge is 0.330 e. The van der Waals surface area contributed by atoms with Gasteiger partial charge in [0.2, 0.25) is 5.78 Å². The van der Waals surface area contributed by atoms with Crippen LogP contribution in [0.4, 0.5) is 4.39 Å². The highest BCUT2D eigenvalue weighted by atomic mass is 19.1. The quantitative estimate of drug-likeness (QED) is 0.609. The first-order valence-corrected chi connectivity index (χ1v) is 10.0. The van der Waals surface area contributed by atoms with Crippen molar-refractivity contribution in [3.05, 3.63) is 71.5 Å². The zero-order valence-electron chi connectivity index (χ0n) is 15.6. The first-order valence-electron chi connectivity index (χ1n) is 10.0. The third-order valence-electron chi connectivity index (χ3n) is 6.78. The van der Waals surface area contributed by atoms with Crippen molar-refractivity contribution in [1.29, 1.82) is 0 Å². The molecular formula is C23H23FN2O2. The van der Waals surface area contributed by atoms with Crippen LogP contribution in [0.3, 0.4) is 0 Å². The summed E-state index contributed by atoms with van der Waals surface area (Å²) in [6, 6.07) is 15.7. The number of fused-ring (bicyclic) bond motifs is 2. The first kappa shape index (κ1) is 17.6. The lowest BCUT2D eigenvalue weighted by molar-refractivity contribution is -0.131. The molecule has 4 saturated heterocycles. The van der Waals surface area contributed by atoms with E-state index in [9.17, 15) is 14.0 Å². The molecule has 28 heavy (non-hydrogen) atoms. The molecule has 2 aromatic rings. The number of benzene rings is 2. The standard InChI is InChI=1S/C23H23FN2O2/c24-18-8-6-15(7-9-18)19-14-26(20-16-10-12-25(13-11-16)21(19)20)23(28)22(27)17-4-2-1-3-5-17/h1-9,16,19-21H,10-14H2/t19-,20+,21+/m0/s1. The molecule has 3 atom stereocenters. The predicted octanol–water partition coefficient (Wildman–Crippen LogP) is 3.10. The lowest BCUT2D eigenvalue weighted by atomic mass is 9.75. The van der Waals surface area contributed by atoms with Crippen LogP contribution in [0.15, 0.2) is 54.6 Å². The zero-order chi connectivity index (χ0) is 19.3. The molecule has 0 unspecified atom stereocenters. The molecule has 5 heteroatoms. The maximum Gasteiger partial charge on any atom is 0.295 e. The second kappa shape index (κ2) is 6.82. The molecule has 0 N–H and O–H groups in total. The molecule has 4 aliphatic heterocycles. The Labute approximate surface area is 163 Å². The molecule has 4 heterocycles. The van der Waals surface area contributed by atoms with E-state index in [0.717, 1.165) is 31.5 Å². The number of amides is 1. The van der Waals surface area contributed by atoms with Crippen LogP contribution in [0.5, 0.6) is 0 Å². The Kier molecular flexibility index (Phi) is 4.27. The number of rotatable bonds is 3. The van der Waals surface area contributed by atoms with Gasteiger partial charge in [-0.25, -0.2) is 4.39 Å². The second-order valence-electron chi connectivity index (χ2n) is 8.17. The number of likely N-dealkylation sites (tertiary alicyclic amines) is 1. The van der Waals surface area contributed by atoms with Gasteiger partial charge in [-0.2, -0.15) is 0 Å². The molecule has 0 spiro atoms. The van der Waals surface area contributed by atoms with E-state index < -0.39 is 11.7 Å². The van der Waals surface area contributed by atoms with Gasteiger partial charge in [0.05, 0.1) is 6.04 Å². The fourth-order valence-electron chi connectivity index (χ4n) is 5.50. The summed E-state index contributed by atoms with van der Waals surface area (Å²) in [5.74, 6) is -0.541. The molecule has 2 aromatic carbocycles. The minimum Gasteiger partial charge on any atom is -0.330 e. The van der Waals surface area contributed by atoms with Crippen molar-refractivity contribution in [1.82, 2.24) is 9.80 Å². The van der Waals surface area contributed by atoms with Crippen LogP contribution < -0.4 is 0 Å². The van der Waals surface area contributed by atoms with Crippen molar-refractivity contribution in [3.63, 3.8) is 0 Å². The molecule has 0 saturated carbocycles. The monoisotopic (exact) mass is 378 g/mol. The van der Waals surface area contributed by atoms with Crippen LogP contribution in [0.25, 0.3) is 0 Å². The van der Waals surface area contributed by atoms with E-state index >= 15 is 0 Å². The third-order valence-corrected chi connectivity index (χ3v) is 6.78. The van der Waals surface area contributed by atoms with Crippen LogP contribution in [-0.4, -0.2) is 53.2 Å². The van der Waals surface area contributed by atoms with Gasteiger partial charge in [-0.3, -0.25) is 14.5 Å². The van der Waals surface area contributed by atoms with Crippen molar-refractivity contribution < 1.29 is 14.0 Å². The van der Waals surface area contributed by atoms with Gasteiger partial charge in [-0.15, -0.1) is 0 Å². The number of piperidine rings is 3. The number of halogens is 1. The van der Waals surface area contributed by atoms with Gasteiger partial charge in [-0.05, 0) is 49.5 Å². The van der Waals surface area contributed by atoms with Crippen LogP contribution in [-0.2, 0) is 4.79 Å². The Morgan fingerprint density at radius 3 is 2.25 bits per heavy atom. The number of carbonyl (C=O) groups is 2. The van der Waals surface area contributed by atoms with E-state index in [1.807, 2.05) is 23.1 Å². The Hall–Kier alpha value is -2.53. The summed E-state index contributed by atoms with van der Waals surface area (Å²) in [6.45, 7) is 2.60. The average Bonchev–Trinajstić information content (AvgIpc) is 3.17. The van der Waals surface area contributed by atoms with E-state index in [1.54, 1.807) is 24.3 Å². The molecule has 4 fully saturated rings. The average molecular weight is 378 g/mol. The Bertz CT molecular complexity index is 891. The van der Waals surface area contributed by atoms with Crippen LogP contribution in [0, 0.1) is 11.7 Å². The highest BCUT2D eigenvalue weighted by Crippen LogP contribution is 2.46. The smallest absolute Gasteiger partial charge is 0.295 e. The Morgan fingerprint density at radius 2 is 1.57 bits per heavy atom. The maximum atomic E-state index is 13.4. The number of carbonyl (C=O) groups excluding carboxylic acids is 2. The first-order chi connectivity index (χ1) is 13.6. The van der Waals surface area contributed by atoms with Crippen LogP contribution in [0.1, 0.15) is 34.7 Å². The molecule has 6 rings (SSSR count). The minimum atomic E-state index is -0.435. The van der Waals surface area contributed by atoms with E-state index in [0.29, 0.717) is 18.0 Å². The fourth-order valence-corrected chi connectivity index (χ4v) is 5.50. The number of Topliss-reactive ketones (excluding diaryl/α,β-unsaturated/α-hetero) is 1. The summed E-state index contributed by atoms with van der Waals surface area (Å²) in [7, 11) is 0. The molecule has 0 aliphatic carbocycles. The van der Waals surface area contributed by atoms with Crippen molar-refractivity contribution in [2.24, 2.45) is 5.92 Å². The van der Waals surface area contributed by atoms with Crippen LogP contribution in [0.2, 0.25) is 0 Å². The zero-order valence-corrected chi connectivity index (χ0v) is 15.6. The van der Waals surface area contributed by atoms with Crippen molar-refractivity contribution in [3.8, 4) is 0 Å². The topological polar surface area (TPSA) is 40.6 Å². The van der Waals surface area contributed by atoms with Crippen molar-refractivity contribution >= 4 is 11.7 Å². The van der Waals surface area contributed by atoms with Gasteiger partial charge >= 0.3 is 0 Å². The summed E-state index contributed by atoms with van der Waals surface area (Å²) in [5, 5.41) is 0. The van der Waals surface area contributed by atoms with E-state index in [2.05, 4.69) is 4.90 Å². The Balaban J connectivity index is 1.49. The lowest BCUT2D eigenvalue weighted by Gasteiger charge is -2.51. The van der Waals surface area contributed by atoms with E-state index in [4.69, 9.17) is 0 Å². The van der Waals surface area contributed by atoms with Gasteiger partial charge in [-0.1, -0.05) is 42.5 Å². The molecule has 1 amide bonds. The third kappa shape index (κ3) is 2.76. The van der Waals surface area contributed by atoms with Crippen molar-refractivity contribution in [2.45, 2.75) is 30.8 Å². The van der Waals surface area contributed by atoms with E-state index in [-0.39, 0.29) is 23.8 Å². The predicted molar refractivity (Wildman–Crippen MR) is 103 cm³/mol. The summed E-state index contributed by atoms with van der Waals surface area (Å²) < 4.78 is 13.4. The molecule has 4 nitrogen and oxygen atoms in total. The van der Waals surface area contributed by atoms with E-state index in [1.165, 1.54) is 12.1 Å². The summed E-state index contributed by atoms with van der Waals surface area (Å²) in [4.78, 5) is 30.3. The number of hydrogen-bond acceptors (Lipinski definition) is 3. The highest BCUT2D eigenvalue weighted by Gasteiger charge is 2.55. The molecular weight excluding hydrogens is 355 g/mol. The number of hydrogen-bond donors (Lipinski definition) is 0. The molecule has 144 valence electrons. The minimum absolute atomic E-state index is 0.0673. The number of ketones is 1. The van der Waals surface area contributed by atoms with Gasteiger partial charge < -0.3 is 4.90 Å². The summed E-state index contributed by atoms with van der Waals surface area (Å²) >= 11 is 0. The second-order valence-corrected chi connectivity index (χ2v) is 8.17. The molecule has 0 radical (unpaired) electrons. The number of nitrogens with zero attached hydrogens (tertiary/aromatic N) is 2. The lowest BCUT2D eigenvalue weighted by Crippen LogP contribution is -2.61. The Morgan fingerprint density at radius 1 is 0.893 bits per heavy atom. The highest BCUT2D eigenvalue weighted by molar-refractivity contribution is 6.42. The molecule has 0 aromatic heterocycles. The van der Waals surface area contributed by atoms with Gasteiger partial charge in [0, 0.05) is 24.1 Å². The fraction of sp³-hybridized carbons (Fsp3) is 0.391. The molecule has 2 bridgehead atoms. The summed E-state index contributed by atoms with van der Waals surface area (Å²) in [6.07, 6.45) is 2.14. The normalized spacial score (nSPS) is 30.9. The summed E-state index contributed by atoms with van der Waals surface area (Å²) in [5.41, 5.74) is 1.49. The van der Waals surface area contributed by atoms with Gasteiger partial charge in [0.1, 0.15) is 5.82 Å². The SMILES string of the molecule is O=C(C(=O)N1C[C@@H](c2ccc(F)cc2)[C@@H]2[C@H]1C1CCN2CC1)c1ccccc1. The van der Waals surface area contributed by atoms with Gasteiger partial charge in [0.25, 0.3) is 5.91 Å². The van der Waals surface area contributed by atoms with Crippen molar-refractivity contribution in [2.75, 3.05) is 19.6 Å². The van der Waals surface area contributed by atoms with Crippen LogP contribution >= 0.6 is 0 Å². The van der Waals surface area contributed by atoms with Gasteiger partial charge in [0.15, 0.2) is 0 Å². The maximum absolute atomic E-state index is 13.4. The molecule has 4 aliphatic rings.